The molecule has 1 saturated carbocycles. The average Bonchev–Trinajstić information content (AvgIpc) is 3.56. The Labute approximate surface area is 172 Å². The van der Waals surface area contributed by atoms with Gasteiger partial charge in [-0.15, -0.1) is 0 Å². The number of carbonyl (C=O) groups excluding carboxylic acids is 1. The third kappa shape index (κ3) is 4.78. The van der Waals surface area contributed by atoms with E-state index >= 15 is 0 Å². The number of aromatic nitrogens is 1. The van der Waals surface area contributed by atoms with E-state index in [0.29, 0.717) is 18.2 Å². The number of rotatable bonds is 6. The summed E-state index contributed by atoms with van der Waals surface area (Å²) < 4.78 is 1.76. The minimum absolute atomic E-state index is 0.0892. The van der Waals surface area contributed by atoms with Gasteiger partial charge in [-0.3, -0.25) is 9.59 Å². The van der Waals surface area contributed by atoms with Crippen LogP contribution in [-0.2, 0) is 6.42 Å². The maximum absolute atomic E-state index is 13.2. The minimum Gasteiger partial charge on any atom is -0.337 e. The molecule has 2 aliphatic rings. The SMILES string of the molecule is Cc1ccn(C2CC2)c(=O)c1C(=O)N1CCCN(CCCc2ccccc2)CC1. The van der Waals surface area contributed by atoms with E-state index < -0.39 is 0 Å². The van der Waals surface area contributed by atoms with Crippen LogP contribution in [0.1, 0.15) is 53.2 Å². The van der Waals surface area contributed by atoms with Crippen LogP contribution >= 0.6 is 0 Å². The summed E-state index contributed by atoms with van der Waals surface area (Å²) in [4.78, 5) is 30.4. The zero-order valence-corrected chi connectivity index (χ0v) is 17.3. The number of benzene rings is 1. The molecule has 0 spiro atoms. The van der Waals surface area contributed by atoms with Gasteiger partial charge in [0.25, 0.3) is 11.5 Å². The third-order valence-electron chi connectivity index (χ3n) is 6.14. The second-order valence-corrected chi connectivity index (χ2v) is 8.39. The fraction of sp³-hybridized carbons (Fsp3) is 0.500. The molecule has 2 fully saturated rings. The van der Waals surface area contributed by atoms with Gasteiger partial charge in [0.15, 0.2) is 0 Å². The lowest BCUT2D eigenvalue weighted by molar-refractivity contribution is 0.0758. The Bertz CT molecular complexity index is 902. The zero-order chi connectivity index (χ0) is 20.2. The zero-order valence-electron chi connectivity index (χ0n) is 17.3. The quantitative estimate of drug-likeness (QED) is 0.757. The van der Waals surface area contributed by atoms with Gasteiger partial charge in [0.1, 0.15) is 5.56 Å². The first kappa shape index (κ1) is 19.9. The highest BCUT2D eigenvalue weighted by atomic mass is 16.2. The van der Waals surface area contributed by atoms with Gasteiger partial charge >= 0.3 is 0 Å². The van der Waals surface area contributed by atoms with Crippen LogP contribution in [0.15, 0.2) is 47.4 Å². The van der Waals surface area contributed by atoms with Crippen molar-refractivity contribution in [1.82, 2.24) is 14.4 Å². The molecular formula is C24H31N3O2. The fourth-order valence-corrected chi connectivity index (χ4v) is 4.25. The van der Waals surface area contributed by atoms with Crippen molar-refractivity contribution in [1.29, 1.82) is 0 Å². The molecule has 1 amide bonds. The summed E-state index contributed by atoms with van der Waals surface area (Å²) in [7, 11) is 0. The molecule has 1 aromatic carbocycles. The molecule has 0 atom stereocenters. The molecule has 1 aromatic heterocycles. The van der Waals surface area contributed by atoms with E-state index in [2.05, 4.69) is 35.2 Å². The van der Waals surface area contributed by atoms with E-state index in [1.807, 2.05) is 24.1 Å². The van der Waals surface area contributed by atoms with Gasteiger partial charge in [0, 0.05) is 31.9 Å². The van der Waals surface area contributed by atoms with Gasteiger partial charge < -0.3 is 14.4 Å². The normalized spacial score (nSPS) is 17.9. The number of hydrogen-bond donors (Lipinski definition) is 0. The van der Waals surface area contributed by atoms with E-state index in [-0.39, 0.29) is 11.5 Å². The van der Waals surface area contributed by atoms with Crippen LogP contribution in [0.2, 0.25) is 0 Å². The predicted octanol–water partition coefficient (Wildman–Crippen LogP) is 3.27. The van der Waals surface area contributed by atoms with Crippen molar-refractivity contribution in [2.45, 2.75) is 45.1 Å². The van der Waals surface area contributed by atoms with Crippen LogP contribution in [-0.4, -0.2) is 53.0 Å². The van der Waals surface area contributed by atoms with Crippen LogP contribution in [0.5, 0.6) is 0 Å². The van der Waals surface area contributed by atoms with Crippen LogP contribution in [0, 0.1) is 6.92 Å². The largest absolute Gasteiger partial charge is 0.337 e. The van der Waals surface area contributed by atoms with Gasteiger partial charge in [-0.2, -0.15) is 0 Å². The Hall–Kier alpha value is -2.40. The third-order valence-corrected chi connectivity index (χ3v) is 6.14. The molecular weight excluding hydrogens is 362 g/mol. The molecule has 5 nitrogen and oxygen atoms in total. The Kier molecular flexibility index (Phi) is 6.14. The molecule has 2 heterocycles. The maximum Gasteiger partial charge on any atom is 0.263 e. The molecule has 0 unspecified atom stereocenters. The number of aryl methyl sites for hydroxylation is 2. The topological polar surface area (TPSA) is 45.6 Å². The lowest BCUT2D eigenvalue weighted by Crippen LogP contribution is -2.39. The molecule has 29 heavy (non-hydrogen) atoms. The highest BCUT2D eigenvalue weighted by Gasteiger charge is 2.29. The molecule has 0 radical (unpaired) electrons. The first-order chi connectivity index (χ1) is 14.1. The van der Waals surface area contributed by atoms with E-state index in [1.54, 1.807) is 4.57 Å². The molecule has 154 valence electrons. The smallest absolute Gasteiger partial charge is 0.263 e. The molecule has 0 bridgehead atoms. The van der Waals surface area contributed by atoms with Gasteiger partial charge in [-0.25, -0.2) is 0 Å². The Balaban J connectivity index is 1.35. The molecule has 5 heteroatoms. The molecule has 0 N–H and O–H groups in total. The average molecular weight is 394 g/mol. The second-order valence-electron chi connectivity index (χ2n) is 8.39. The van der Waals surface area contributed by atoms with Crippen LogP contribution < -0.4 is 5.56 Å². The molecule has 2 aromatic rings. The van der Waals surface area contributed by atoms with Gasteiger partial charge in [-0.05, 0) is 69.3 Å². The fourth-order valence-electron chi connectivity index (χ4n) is 4.25. The first-order valence-electron chi connectivity index (χ1n) is 10.9. The van der Waals surface area contributed by atoms with Crippen molar-refractivity contribution in [2.75, 3.05) is 32.7 Å². The predicted molar refractivity (Wildman–Crippen MR) is 115 cm³/mol. The summed E-state index contributed by atoms with van der Waals surface area (Å²) in [5.74, 6) is -0.0892. The van der Waals surface area contributed by atoms with Crippen LogP contribution in [0.3, 0.4) is 0 Å². The highest BCUT2D eigenvalue weighted by molar-refractivity contribution is 5.95. The van der Waals surface area contributed by atoms with Gasteiger partial charge in [-0.1, -0.05) is 30.3 Å². The summed E-state index contributed by atoms with van der Waals surface area (Å²) in [6, 6.07) is 12.8. The lowest BCUT2D eigenvalue weighted by atomic mass is 10.1. The van der Waals surface area contributed by atoms with E-state index in [4.69, 9.17) is 0 Å². The molecule has 1 aliphatic heterocycles. The highest BCUT2D eigenvalue weighted by Crippen LogP contribution is 2.33. The Morgan fingerprint density at radius 1 is 1.03 bits per heavy atom. The van der Waals surface area contributed by atoms with Crippen molar-refractivity contribution < 1.29 is 4.79 Å². The number of hydrogen-bond acceptors (Lipinski definition) is 3. The number of nitrogens with zero attached hydrogens (tertiary/aromatic N) is 3. The number of amides is 1. The monoisotopic (exact) mass is 393 g/mol. The number of carbonyl (C=O) groups is 1. The lowest BCUT2D eigenvalue weighted by Gasteiger charge is -2.23. The molecule has 1 aliphatic carbocycles. The standard InChI is InChI=1S/C24H31N3O2/c1-19-12-16-27(21-10-11-21)24(29)22(19)23(28)26-15-6-14-25(17-18-26)13-5-9-20-7-3-2-4-8-20/h2-4,7-8,12,16,21H,5-6,9-11,13-15,17-18H2,1H3. The summed E-state index contributed by atoms with van der Waals surface area (Å²) in [6.45, 7) is 6.24. The summed E-state index contributed by atoms with van der Waals surface area (Å²) in [5.41, 5.74) is 2.44. The minimum atomic E-state index is -0.110. The van der Waals surface area contributed by atoms with Crippen molar-refractivity contribution in [3.05, 3.63) is 69.6 Å². The van der Waals surface area contributed by atoms with Crippen molar-refractivity contribution in [2.24, 2.45) is 0 Å². The van der Waals surface area contributed by atoms with Gasteiger partial charge in [0.2, 0.25) is 0 Å². The van der Waals surface area contributed by atoms with Crippen LogP contribution in [0.25, 0.3) is 0 Å². The summed E-state index contributed by atoms with van der Waals surface area (Å²) >= 11 is 0. The van der Waals surface area contributed by atoms with E-state index in [1.165, 1.54) is 5.56 Å². The summed E-state index contributed by atoms with van der Waals surface area (Å²) in [5, 5.41) is 0. The molecule has 1 saturated heterocycles. The van der Waals surface area contributed by atoms with Crippen molar-refractivity contribution in [3.8, 4) is 0 Å². The van der Waals surface area contributed by atoms with Crippen LogP contribution in [0.4, 0.5) is 0 Å². The first-order valence-corrected chi connectivity index (χ1v) is 10.9. The van der Waals surface area contributed by atoms with Gasteiger partial charge in [0.05, 0.1) is 0 Å². The Morgan fingerprint density at radius 2 is 1.83 bits per heavy atom. The van der Waals surface area contributed by atoms with Crippen molar-refractivity contribution in [3.63, 3.8) is 0 Å². The summed E-state index contributed by atoms with van der Waals surface area (Å²) in [6.07, 6.45) is 7.10. The number of pyridine rings is 1. The van der Waals surface area contributed by atoms with Crippen molar-refractivity contribution >= 4 is 5.91 Å². The second kappa shape index (κ2) is 8.95. The Morgan fingerprint density at radius 3 is 2.59 bits per heavy atom. The molecule has 4 rings (SSSR count). The maximum atomic E-state index is 13.2. The van der Waals surface area contributed by atoms with E-state index in [0.717, 1.165) is 63.8 Å². The van der Waals surface area contributed by atoms with E-state index in [9.17, 15) is 9.59 Å².